The average Bonchev–Trinajstić information content (AvgIpc) is 2.87. The molecule has 2 N–H and O–H groups in total. The minimum Gasteiger partial charge on any atom is -0.493 e. The van der Waals surface area contributed by atoms with E-state index < -0.39 is 0 Å². The molecular weight excluding hydrogens is 292 g/mol. The lowest BCUT2D eigenvalue weighted by Gasteiger charge is -2.23. The van der Waals surface area contributed by atoms with Gasteiger partial charge in [-0.25, -0.2) is 0 Å². The van der Waals surface area contributed by atoms with Crippen LogP contribution < -0.4 is 19.7 Å². The first-order valence-electron chi connectivity index (χ1n) is 8.49. The van der Waals surface area contributed by atoms with Crippen LogP contribution in [-0.4, -0.2) is 39.3 Å². The maximum absolute atomic E-state index is 12.4. The van der Waals surface area contributed by atoms with E-state index >= 15 is 0 Å². The van der Waals surface area contributed by atoms with Crippen LogP contribution in [0.15, 0.2) is 18.2 Å². The summed E-state index contributed by atoms with van der Waals surface area (Å²) in [6, 6.07) is 5.73. The van der Waals surface area contributed by atoms with Gasteiger partial charge in [-0.05, 0) is 50.3 Å². The van der Waals surface area contributed by atoms with Crippen LogP contribution in [0.2, 0.25) is 0 Å². The van der Waals surface area contributed by atoms with Gasteiger partial charge in [0.1, 0.15) is 0 Å². The predicted molar refractivity (Wildman–Crippen MR) is 90.0 cm³/mol. The second-order valence-corrected chi connectivity index (χ2v) is 6.20. The lowest BCUT2D eigenvalue weighted by Crippen LogP contribution is -3.16. The fourth-order valence-electron chi connectivity index (χ4n) is 3.13. The van der Waals surface area contributed by atoms with Gasteiger partial charge in [0.15, 0.2) is 17.5 Å². The Bertz CT molecular complexity index is 511. The number of ether oxygens (including phenoxy) is 2. The number of hydrogen-bond acceptors (Lipinski definition) is 3. The van der Waals surface area contributed by atoms with E-state index in [1.807, 2.05) is 25.1 Å². The zero-order valence-corrected chi connectivity index (χ0v) is 14.5. The minimum absolute atomic E-state index is 0.00763. The maximum Gasteiger partial charge on any atom is 0.278 e. The summed E-state index contributed by atoms with van der Waals surface area (Å²) >= 11 is 0. The third kappa shape index (κ3) is 4.86. The van der Waals surface area contributed by atoms with Crippen LogP contribution in [0.4, 0.5) is 0 Å². The molecule has 128 valence electrons. The number of quaternary nitrogens is 1. The summed E-state index contributed by atoms with van der Waals surface area (Å²) in [5.74, 6) is 1.51. The van der Waals surface area contributed by atoms with Gasteiger partial charge in [0.2, 0.25) is 0 Å². The van der Waals surface area contributed by atoms with E-state index in [0.717, 1.165) is 18.7 Å². The zero-order chi connectivity index (χ0) is 16.7. The highest BCUT2D eigenvalue weighted by atomic mass is 16.5. The second kappa shape index (κ2) is 8.77. The molecule has 0 unspecified atom stereocenters. The van der Waals surface area contributed by atoms with Crippen molar-refractivity contribution in [2.75, 3.05) is 27.3 Å². The topological polar surface area (TPSA) is 52.0 Å². The lowest BCUT2D eigenvalue weighted by atomic mass is 10.2. The second-order valence-electron chi connectivity index (χ2n) is 6.20. The summed E-state index contributed by atoms with van der Waals surface area (Å²) in [6.07, 6.45) is 5.04. The highest BCUT2D eigenvalue weighted by Gasteiger charge is 2.25. The first-order valence-corrected chi connectivity index (χ1v) is 8.49. The van der Waals surface area contributed by atoms with E-state index in [-0.39, 0.29) is 11.9 Å². The summed E-state index contributed by atoms with van der Waals surface area (Å²) < 4.78 is 10.5. The van der Waals surface area contributed by atoms with Gasteiger partial charge >= 0.3 is 0 Å². The van der Waals surface area contributed by atoms with Crippen LogP contribution in [0.3, 0.4) is 0 Å². The summed E-state index contributed by atoms with van der Waals surface area (Å²) in [6.45, 7) is 4.75. The van der Waals surface area contributed by atoms with Gasteiger partial charge in [0.05, 0.1) is 27.3 Å². The number of carbonyl (C=O) groups is 1. The summed E-state index contributed by atoms with van der Waals surface area (Å²) in [5.41, 5.74) is 1.01. The van der Waals surface area contributed by atoms with Crippen LogP contribution >= 0.6 is 0 Å². The number of benzene rings is 1. The summed E-state index contributed by atoms with van der Waals surface area (Å²) in [7, 11) is 3.23. The van der Waals surface area contributed by atoms with Crippen molar-refractivity contribution >= 4 is 5.91 Å². The van der Waals surface area contributed by atoms with E-state index in [2.05, 4.69) is 5.32 Å². The highest BCUT2D eigenvalue weighted by Crippen LogP contribution is 2.27. The van der Waals surface area contributed by atoms with E-state index in [9.17, 15) is 4.79 Å². The standard InChI is InChI=1S/C18H28N2O3/c1-14(20-10-6-4-5-7-11-20)18(21)19-13-15-8-9-16(22-2)17(12-15)23-3/h8-9,12,14H,4-7,10-11,13H2,1-3H3,(H,19,21)/p+1/t14-/m1/s1. The minimum atomic E-state index is 0.00763. The molecule has 0 bridgehead atoms. The first kappa shape index (κ1) is 17.6. The number of methoxy groups -OCH3 is 2. The Kier molecular flexibility index (Phi) is 6.71. The molecule has 5 nitrogen and oxygen atoms in total. The Morgan fingerprint density at radius 1 is 1.13 bits per heavy atom. The molecule has 0 aliphatic carbocycles. The molecule has 1 atom stereocenters. The molecule has 23 heavy (non-hydrogen) atoms. The number of carbonyl (C=O) groups excluding carboxylic acids is 1. The molecule has 1 fully saturated rings. The van der Waals surface area contributed by atoms with Gasteiger partial charge in [0, 0.05) is 6.54 Å². The summed E-state index contributed by atoms with van der Waals surface area (Å²) in [4.78, 5) is 13.8. The molecule has 0 radical (unpaired) electrons. The predicted octanol–water partition coefficient (Wildman–Crippen LogP) is 1.17. The van der Waals surface area contributed by atoms with Crippen molar-refractivity contribution in [2.24, 2.45) is 0 Å². The van der Waals surface area contributed by atoms with E-state index in [1.54, 1.807) is 14.2 Å². The lowest BCUT2D eigenvalue weighted by molar-refractivity contribution is -0.913. The van der Waals surface area contributed by atoms with Crippen molar-refractivity contribution in [2.45, 2.75) is 45.2 Å². The summed E-state index contributed by atoms with van der Waals surface area (Å²) in [5, 5.41) is 3.05. The number of amides is 1. The molecule has 1 aliphatic heterocycles. The molecule has 1 aromatic rings. The number of likely N-dealkylation sites (tertiary alicyclic amines) is 1. The fraction of sp³-hybridized carbons (Fsp3) is 0.611. The Morgan fingerprint density at radius 3 is 2.39 bits per heavy atom. The number of nitrogens with one attached hydrogen (secondary N) is 2. The molecule has 1 aliphatic rings. The van der Waals surface area contributed by atoms with Gasteiger partial charge in [-0.15, -0.1) is 0 Å². The quantitative estimate of drug-likeness (QED) is 0.827. The van der Waals surface area contributed by atoms with E-state index in [1.165, 1.54) is 30.6 Å². The van der Waals surface area contributed by atoms with E-state index in [0.29, 0.717) is 18.0 Å². The smallest absolute Gasteiger partial charge is 0.278 e. The molecule has 1 saturated heterocycles. The monoisotopic (exact) mass is 321 g/mol. The Balaban J connectivity index is 1.90. The van der Waals surface area contributed by atoms with Crippen molar-refractivity contribution < 1.29 is 19.2 Å². The average molecular weight is 321 g/mol. The molecule has 1 amide bonds. The normalized spacial score (nSPS) is 17.2. The van der Waals surface area contributed by atoms with Crippen LogP contribution in [0.25, 0.3) is 0 Å². The van der Waals surface area contributed by atoms with Gasteiger partial charge < -0.3 is 19.7 Å². The van der Waals surface area contributed by atoms with Crippen molar-refractivity contribution in [1.82, 2.24) is 5.32 Å². The van der Waals surface area contributed by atoms with Gasteiger partial charge in [-0.2, -0.15) is 0 Å². The molecule has 1 aromatic carbocycles. The van der Waals surface area contributed by atoms with Crippen LogP contribution in [0, 0.1) is 0 Å². The van der Waals surface area contributed by atoms with Crippen molar-refractivity contribution in [3.05, 3.63) is 23.8 Å². The van der Waals surface area contributed by atoms with Crippen LogP contribution in [0.5, 0.6) is 11.5 Å². The van der Waals surface area contributed by atoms with Crippen LogP contribution in [0.1, 0.15) is 38.2 Å². The SMILES string of the molecule is COc1ccc(CNC(=O)[C@@H](C)[NH+]2CCCCCC2)cc1OC. The molecule has 1 heterocycles. The third-order valence-electron chi connectivity index (χ3n) is 4.67. The van der Waals surface area contributed by atoms with Gasteiger partial charge in [-0.1, -0.05) is 6.07 Å². The molecule has 2 rings (SSSR count). The molecular formula is C18H29N2O3+. The largest absolute Gasteiger partial charge is 0.493 e. The Morgan fingerprint density at radius 2 is 1.78 bits per heavy atom. The number of rotatable bonds is 6. The first-order chi connectivity index (χ1) is 11.2. The zero-order valence-electron chi connectivity index (χ0n) is 14.5. The van der Waals surface area contributed by atoms with Crippen molar-refractivity contribution in [3.8, 4) is 11.5 Å². The van der Waals surface area contributed by atoms with E-state index in [4.69, 9.17) is 9.47 Å². The molecule has 5 heteroatoms. The van der Waals surface area contributed by atoms with Crippen molar-refractivity contribution in [1.29, 1.82) is 0 Å². The van der Waals surface area contributed by atoms with Gasteiger partial charge in [0.25, 0.3) is 5.91 Å². The third-order valence-corrected chi connectivity index (χ3v) is 4.67. The van der Waals surface area contributed by atoms with Crippen molar-refractivity contribution in [3.63, 3.8) is 0 Å². The maximum atomic E-state index is 12.4. The molecule has 0 saturated carbocycles. The van der Waals surface area contributed by atoms with Gasteiger partial charge in [-0.3, -0.25) is 4.79 Å². The number of hydrogen-bond donors (Lipinski definition) is 2. The Labute approximate surface area is 139 Å². The molecule has 0 spiro atoms. The Hall–Kier alpha value is -1.75. The molecule has 0 aromatic heterocycles. The fourth-order valence-corrected chi connectivity index (χ4v) is 3.13. The highest BCUT2D eigenvalue weighted by molar-refractivity contribution is 5.79. The van der Waals surface area contributed by atoms with Crippen LogP contribution in [-0.2, 0) is 11.3 Å².